The van der Waals surface area contributed by atoms with Crippen LogP contribution in [0, 0.1) is 18.3 Å². The van der Waals surface area contributed by atoms with Crippen LogP contribution in [0.4, 0.5) is 0 Å². The van der Waals surface area contributed by atoms with E-state index in [9.17, 15) is 0 Å². The van der Waals surface area contributed by atoms with Gasteiger partial charge < -0.3 is 10.2 Å². The molecule has 1 rings (SSSR count). The quantitative estimate of drug-likeness (QED) is 0.525. The molecule has 2 heteroatoms. The lowest BCUT2D eigenvalue weighted by Crippen LogP contribution is -2.37. The molecule has 0 atom stereocenters. The molecule has 1 saturated heterocycles. The third kappa shape index (κ3) is 4.13. The summed E-state index contributed by atoms with van der Waals surface area (Å²) in [5, 5.41) is 3.26. The van der Waals surface area contributed by atoms with Gasteiger partial charge in [-0.15, -0.1) is 12.3 Å². The minimum atomic E-state index is 0.892. The van der Waals surface area contributed by atoms with E-state index in [2.05, 4.69) is 16.1 Å². The molecule has 14 heavy (non-hydrogen) atoms. The molecular weight excluding hydrogens is 172 g/mol. The molecule has 0 aromatic carbocycles. The van der Waals surface area contributed by atoms with Crippen LogP contribution in [0.3, 0.4) is 0 Å². The largest absolute Gasteiger partial charge is 0.319 e. The van der Waals surface area contributed by atoms with Crippen LogP contribution in [0.2, 0.25) is 0 Å². The van der Waals surface area contributed by atoms with Gasteiger partial charge in [-0.25, -0.2) is 0 Å². The van der Waals surface area contributed by atoms with E-state index >= 15 is 0 Å². The zero-order valence-electron chi connectivity index (χ0n) is 9.26. The summed E-state index contributed by atoms with van der Waals surface area (Å²) in [6.07, 6.45) is 10.0. The smallest absolute Gasteiger partial charge is 0.00982 e. The van der Waals surface area contributed by atoms with Gasteiger partial charge in [0, 0.05) is 6.42 Å². The number of rotatable bonds is 5. The first-order valence-electron chi connectivity index (χ1n) is 5.67. The zero-order chi connectivity index (χ0) is 10.2. The zero-order valence-corrected chi connectivity index (χ0v) is 9.26. The Balaban J connectivity index is 2.07. The third-order valence-corrected chi connectivity index (χ3v) is 3.00. The minimum Gasteiger partial charge on any atom is -0.319 e. The summed E-state index contributed by atoms with van der Waals surface area (Å²) in [6, 6.07) is 0. The second-order valence-electron chi connectivity index (χ2n) is 4.15. The van der Waals surface area contributed by atoms with Gasteiger partial charge in [-0.05, 0) is 58.4 Å². The highest BCUT2D eigenvalue weighted by molar-refractivity contribution is 4.84. The molecule has 0 spiro atoms. The molecule has 1 aliphatic heterocycles. The molecule has 1 aliphatic rings. The molecule has 0 radical (unpaired) electrons. The first kappa shape index (κ1) is 11.6. The Morgan fingerprint density at radius 2 is 2.14 bits per heavy atom. The van der Waals surface area contributed by atoms with E-state index < -0.39 is 0 Å². The van der Waals surface area contributed by atoms with Crippen LogP contribution in [0.15, 0.2) is 0 Å². The lowest BCUT2D eigenvalue weighted by Gasteiger charge is -2.31. The Morgan fingerprint density at radius 1 is 1.43 bits per heavy atom. The Kier molecular flexibility index (Phi) is 5.66. The van der Waals surface area contributed by atoms with Crippen LogP contribution in [-0.2, 0) is 0 Å². The molecule has 0 unspecified atom stereocenters. The van der Waals surface area contributed by atoms with E-state index in [-0.39, 0.29) is 0 Å². The fourth-order valence-electron chi connectivity index (χ4n) is 2.11. The van der Waals surface area contributed by atoms with Gasteiger partial charge in [0.05, 0.1) is 0 Å². The molecule has 1 heterocycles. The van der Waals surface area contributed by atoms with Crippen molar-refractivity contribution in [2.45, 2.75) is 25.7 Å². The summed E-state index contributed by atoms with van der Waals surface area (Å²) in [5.41, 5.74) is 0. The summed E-state index contributed by atoms with van der Waals surface area (Å²) in [6.45, 7) is 4.89. The van der Waals surface area contributed by atoms with E-state index in [1.165, 1.54) is 39.0 Å². The summed E-state index contributed by atoms with van der Waals surface area (Å²) in [5.74, 6) is 3.59. The standard InChI is InChI=1S/C12H22N2/c1-3-4-5-8-14-9-6-12(7-10-14)11-13-2/h1,12-13H,4-11H2,2H3. The topological polar surface area (TPSA) is 15.3 Å². The Hall–Kier alpha value is -0.520. The number of piperidine rings is 1. The van der Waals surface area contributed by atoms with E-state index in [0.717, 1.165) is 18.8 Å². The van der Waals surface area contributed by atoms with Crippen LogP contribution in [0.25, 0.3) is 0 Å². The van der Waals surface area contributed by atoms with Gasteiger partial charge in [-0.3, -0.25) is 0 Å². The van der Waals surface area contributed by atoms with Crippen molar-refractivity contribution in [3.05, 3.63) is 0 Å². The van der Waals surface area contributed by atoms with E-state index in [4.69, 9.17) is 6.42 Å². The molecule has 1 fully saturated rings. The third-order valence-electron chi connectivity index (χ3n) is 3.00. The van der Waals surface area contributed by atoms with Gasteiger partial charge >= 0.3 is 0 Å². The van der Waals surface area contributed by atoms with Crippen molar-refractivity contribution in [3.63, 3.8) is 0 Å². The fraction of sp³-hybridized carbons (Fsp3) is 0.833. The maximum atomic E-state index is 5.23. The normalized spacial score (nSPS) is 19.4. The molecule has 1 N–H and O–H groups in total. The molecule has 0 amide bonds. The average Bonchev–Trinajstić information content (AvgIpc) is 2.21. The van der Waals surface area contributed by atoms with Crippen molar-refractivity contribution in [1.82, 2.24) is 10.2 Å². The summed E-state index contributed by atoms with van der Waals surface area (Å²) in [7, 11) is 2.04. The van der Waals surface area contributed by atoms with E-state index in [1.54, 1.807) is 0 Å². The summed E-state index contributed by atoms with van der Waals surface area (Å²) < 4.78 is 0. The van der Waals surface area contributed by atoms with Gasteiger partial charge in [0.15, 0.2) is 0 Å². The SMILES string of the molecule is C#CCCCN1CCC(CNC)CC1. The number of terminal acetylenes is 1. The van der Waals surface area contributed by atoms with Gasteiger partial charge in [0.25, 0.3) is 0 Å². The molecule has 0 aromatic heterocycles. The predicted molar refractivity (Wildman–Crippen MR) is 61.2 cm³/mol. The number of hydrogen-bond donors (Lipinski definition) is 1. The van der Waals surface area contributed by atoms with Crippen molar-refractivity contribution in [1.29, 1.82) is 0 Å². The number of nitrogens with one attached hydrogen (secondary N) is 1. The molecule has 2 nitrogen and oxygen atoms in total. The highest BCUT2D eigenvalue weighted by Gasteiger charge is 2.17. The minimum absolute atomic E-state index is 0.892. The van der Waals surface area contributed by atoms with Gasteiger partial charge in [-0.1, -0.05) is 0 Å². The molecule has 80 valence electrons. The van der Waals surface area contributed by atoms with Gasteiger partial charge in [0.1, 0.15) is 0 Å². The highest BCUT2D eigenvalue weighted by Crippen LogP contribution is 2.16. The Morgan fingerprint density at radius 3 is 2.71 bits per heavy atom. The fourth-order valence-corrected chi connectivity index (χ4v) is 2.11. The lowest BCUT2D eigenvalue weighted by atomic mass is 9.97. The van der Waals surface area contributed by atoms with Crippen molar-refractivity contribution in [2.24, 2.45) is 5.92 Å². The number of unbranched alkanes of at least 4 members (excludes halogenated alkanes) is 1. The van der Waals surface area contributed by atoms with Crippen LogP contribution in [0.5, 0.6) is 0 Å². The van der Waals surface area contributed by atoms with E-state index in [0.29, 0.717) is 0 Å². The van der Waals surface area contributed by atoms with Crippen molar-refractivity contribution >= 4 is 0 Å². The Labute approximate surface area is 88.1 Å². The first-order chi connectivity index (χ1) is 6.86. The highest BCUT2D eigenvalue weighted by atomic mass is 15.1. The van der Waals surface area contributed by atoms with Gasteiger partial charge in [0.2, 0.25) is 0 Å². The Bertz CT molecular complexity index is 175. The maximum Gasteiger partial charge on any atom is 0.00982 e. The van der Waals surface area contributed by atoms with Crippen LogP contribution >= 0.6 is 0 Å². The van der Waals surface area contributed by atoms with Crippen molar-refractivity contribution in [3.8, 4) is 12.3 Å². The van der Waals surface area contributed by atoms with Crippen LogP contribution < -0.4 is 5.32 Å². The molecule has 0 saturated carbocycles. The molecule has 0 aliphatic carbocycles. The lowest BCUT2D eigenvalue weighted by molar-refractivity contribution is 0.182. The summed E-state index contributed by atoms with van der Waals surface area (Å²) in [4.78, 5) is 2.55. The predicted octanol–water partition coefficient (Wildman–Crippen LogP) is 1.33. The van der Waals surface area contributed by atoms with E-state index in [1.807, 2.05) is 7.05 Å². The molecule has 0 aromatic rings. The molecular formula is C12H22N2. The maximum absolute atomic E-state index is 5.23. The monoisotopic (exact) mass is 194 g/mol. The summed E-state index contributed by atoms with van der Waals surface area (Å²) >= 11 is 0. The molecule has 0 bridgehead atoms. The van der Waals surface area contributed by atoms with Gasteiger partial charge in [-0.2, -0.15) is 0 Å². The van der Waals surface area contributed by atoms with Crippen LogP contribution in [0.1, 0.15) is 25.7 Å². The van der Waals surface area contributed by atoms with Crippen LogP contribution in [-0.4, -0.2) is 38.1 Å². The number of hydrogen-bond acceptors (Lipinski definition) is 2. The van der Waals surface area contributed by atoms with Crippen molar-refractivity contribution in [2.75, 3.05) is 33.2 Å². The number of nitrogens with zero attached hydrogens (tertiary/aromatic N) is 1. The second kappa shape index (κ2) is 6.86. The number of likely N-dealkylation sites (tertiary alicyclic amines) is 1. The average molecular weight is 194 g/mol. The first-order valence-corrected chi connectivity index (χ1v) is 5.67. The second-order valence-corrected chi connectivity index (χ2v) is 4.15. The van der Waals surface area contributed by atoms with Crippen molar-refractivity contribution < 1.29 is 0 Å².